The summed E-state index contributed by atoms with van der Waals surface area (Å²) in [6.45, 7) is 3.26. The molecule has 9 nitrogen and oxygen atoms in total. The summed E-state index contributed by atoms with van der Waals surface area (Å²) in [6.07, 6.45) is 7.48. The molecule has 1 aliphatic carbocycles. The second-order valence-electron chi connectivity index (χ2n) is 10.6. The largest absolute Gasteiger partial charge is 0.396 e. The van der Waals surface area contributed by atoms with E-state index in [2.05, 4.69) is 15.3 Å². The van der Waals surface area contributed by atoms with Gasteiger partial charge in [-0.1, -0.05) is 23.7 Å². The second kappa shape index (κ2) is 12.2. The van der Waals surface area contributed by atoms with Crippen LogP contribution < -0.4 is 15.9 Å². The Hall–Kier alpha value is -3.69. The zero-order valence-corrected chi connectivity index (χ0v) is 23.6. The van der Waals surface area contributed by atoms with Crippen molar-refractivity contribution in [3.8, 4) is 5.69 Å². The van der Waals surface area contributed by atoms with Crippen molar-refractivity contribution in [1.82, 2.24) is 24.4 Å². The number of hydrogen-bond donors (Lipinski definition) is 2. The van der Waals surface area contributed by atoms with Crippen molar-refractivity contribution >= 4 is 34.4 Å². The zero-order chi connectivity index (χ0) is 28.2. The maximum absolute atomic E-state index is 13.7. The van der Waals surface area contributed by atoms with Gasteiger partial charge < -0.3 is 15.3 Å². The van der Waals surface area contributed by atoms with Gasteiger partial charge in [-0.05, 0) is 75.3 Å². The fourth-order valence-electron chi connectivity index (χ4n) is 5.54. The summed E-state index contributed by atoms with van der Waals surface area (Å²) in [5, 5.41) is 12.7. The minimum absolute atomic E-state index is 0.0799. The van der Waals surface area contributed by atoms with Gasteiger partial charge in [-0.25, -0.2) is 9.78 Å². The number of halogens is 1. The third-order valence-electron chi connectivity index (χ3n) is 7.79. The van der Waals surface area contributed by atoms with E-state index in [1.54, 1.807) is 30.0 Å². The summed E-state index contributed by atoms with van der Waals surface area (Å²) in [4.78, 5) is 37.3. The highest BCUT2D eigenvalue weighted by Crippen LogP contribution is 2.28. The molecule has 10 heteroatoms. The van der Waals surface area contributed by atoms with Crippen molar-refractivity contribution in [2.45, 2.75) is 51.6 Å². The number of aryl methyl sites for hydroxylation is 1. The number of pyridine rings is 2. The number of hydrogen-bond acceptors (Lipinski definition) is 6. The summed E-state index contributed by atoms with van der Waals surface area (Å²) < 4.78 is 3.61. The average Bonchev–Trinajstić information content (AvgIpc) is 3.24. The molecule has 0 spiro atoms. The molecule has 0 bridgehead atoms. The Bertz CT molecular complexity index is 1540. The molecule has 0 saturated heterocycles. The average molecular weight is 563 g/mol. The van der Waals surface area contributed by atoms with Gasteiger partial charge in [-0.15, -0.1) is 0 Å². The van der Waals surface area contributed by atoms with E-state index in [0.717, 1.165) is 48.2 Å². The van der Waals surface area contributed by atoms with Crippen LogP contribution in [0.3, 0.4) is 0 Å². The number of imidazole rings is 1. The van der Waals surface area contributed by atoms with Crippen LogP contribution in [-0.4, -0.2) is 56.4 Å². The van der Waals surface area contributed by atoms with Gasteiger partial charge in [0, 0.05) is 39.0 Å². The van der Waals surface area contributed by atoms with Crippen LogP contribution in [0, 0.1) is 12.8 Å². The number of benzene rings is 1. The normalized spacial score (nSPS) is 17.2. The lowest BCUT2D eigenvalue weighted by Gasteiger charge is -2.29. The number of carbonyl (C=O) groups excluding carboxylic acids is 1. The summed E-state index contributed by atoms with van der Waals surface area (Å²) in [6, 6.07) is 13.4. The molecule has 5 rings (SSSR count). The highest BCUT2D eigenvalue weighted by atomic mass is 35.5. The van der Waals surface area contributed by atoms with Crippen molar-refractivity contribution in [2.24, 2.45) is 5.92 Å². The zero-order valence-electron chi connectivity index (χ0n) is 22.9. The van der Waals surface area contributed by atoms with Crippen molar-refractivity contribution in [2.75, 3.05) is 25.1 Å². The molecule has 3 heterocycles. The molecule has 210 valence electrons. The van der Waals surface area contributed by atoms with Gasteiger partial charge in [0.15, 0.2) is 0 Å². The van der Waals surface area contributed by atoms with E-state index >= 15 is 0 Å². The van der Waals surface area contributed by atoms with Crippen LogP contribution in [0.15, 0.2) is 59.7 Å². The molecule has 1 fully saturated rings. The number of aliphatic hydroxyl groups is 1. The minimum atomic E-state index is -0.144. The third-order valence-corrected chi connectivity index (χ3v) is 8.00. The number of rotatable bonds is 9. The predicted molar refractivity (Wildman–Crippen MR) is 157 cm³/mol. The van der Waals surface area contributed by atoms with Crippen LogP contribution in [0.5, 0.6) is 0 Å². The predicted octanol–water partition coefficient (Wildman–Crippen LogP) is 4.35. The van der Waals surface area contributed by atoms with Crippen LogP contribution in [0.2, 0.25) is 5.02 Å². The van der Waals surface area contributed by atoms with Gasteiger partial charge in [0.1, 0.15) is 5.82 Å². The highest BCUT2D eigenvalue weighted by molar-refractivity contribution is 6.30. The minimum Gasteiger partial charge on any atom is -0.396 e. The number of para-hydroxylation sites is 2. The lowest BCUT2D eigenvalue weighted by atomic mass is 9.85. The van der Waals surface area contributed by atoms with Gasteiger partial charge >= 0.3 is 5.69 Å². The number of anilines is 1. The summed E-state index contributed by atoms with van der Waals surface area (Å²) in [5.41, 5.74) is 3.55. The van der Waals surface area contributed by atoms with Crippen LogP contribution in [0.4, 0.5) is 5.82 Å². The van der Waals surface area contributed by atoms with E-state index in [-0.39, 0.29) is 24.2 Å². The first kappa shape index (κ1) is 27.9. The number of aliphatic hydroxyl groups excluding tert-OH is 1. The van der Waals surface area contributed by atoms with Gasteiger partial charge in [0.05, 0.1) is 39.2 Å². The number of carbonyl (C=O) groups is 1. The Morgan fingerprint density at radius 1 is 1.10 bits per heavy atom. The Kier molecular flexibility index (Phi) is 8.52. The first-order valence-electron chi connectivity index (χ1n) is 13.8. The second-order valence-corrected chi connectivity index (χ2v) is 11.0. The van der Waals surface area contributed by atoms with Crippen LogP contribution in [-0.2, 0) is 6.54 Å². The van der Waals surface area contributed by atoms with Crippen LogP contribution >= 0.6 is 11.6 Å². The molecule has 4 aromatic rings. The fourth-order valence-corrected chi connectivity index (χ4v) is 5.70. The van der Waals surface area contributed by atoms with Gasteiger partial charge in [0.2, 0.25) is 0 Å². The first-order chi connectivity index (χ1) is 19.4. The van der Waals surface area contributed by atoms with Gasteiger partial charge in [-0.2, -0.15) is 0 Å². The molecule has 40 heavy (non-hydrogen) atoms. The van der Waals surface area contributed by atoms with Crippen molar-refractivity contribution in [3.05, 3.63) is 81.6 Å². The molecule has 1 aromatic carbocycles. The highest BCUT2D eigenvalue weighted by Gasteiger charge is 2.26. The summed E-state index contributed by atoms with van der Waals surface area (Å²) in [5.74, 6) is 0.981. The van der Waals surface area contributed by atoms with Crippen LogP contribution in [0.25, 0.3) is 16.7 Å². The van der Waals surface area contributed by atoms with Gasteiger partial charge in [-0.3, -0.25) is 18.9 Å². The molecule has 0 atom stereocenters. The molecular formula is C30H35ClN6O3. The van der Waals surface area contributed by atoms with Crippen molar-refractivity contribution in [1.29, 1.82) is 0 Å². The molecule has 0 radical (unpaired) electrons. The third kappa shape index (κ3) is 5.90. The van der Waals surface area contributed by atoms with Crippen LogP contribution in [0.1, 0.15) is 48.2 Å². The standard InChI is InChI=1S/C30H35ClN6O3/c1-20-25(16-22(31)17-32-20)29(39)34-23-10-8-21(9-11-23)19-36-26-6-3-4-7-27(26)37(30(36)40)24-12-13-28(33-18-24)35(2)14-5-15-38/h3-4,6-7,12-13,16-18,21,23,38H,5,8-11,14-15,19H2,1-2H3,(H,34,39). The van der Waals surface area contributed by atoms with Gasteiger partial charge in [0.25, 0.3) is 5.91 Å². The number of nitrogens with zero attached hydrogens (tertiary/aromatic N) is 5. The summed E-state index contributed by atoms with van der Waals surface area (Å²) >= 11 is 6.05. The lowest BCUT2D eigenvalue weighted by Crippen LogP contribution is -2.39. The maximum Gasteiger partial charge on any atom is 0.333 e. The Labute approximate surface area is 238 Å². The molecule has 3 aromatic heterocycles. The quantitative estimate of drug-likeness (QED) is 0.314. The first-order valence-corrected chi connectivity index (χ1v) is 14.1. The Morgan fingerprint density at radius 2 is 1.85 bits per heavy atom. The SMILES string of the molecule is Cc1ncc(Cl)cc1C(=O)NC1CCC(Cn2c(=O)n(-c3ccc(N(C)CCCO)nc3)c3ccccc32)CC1. The molecule has 0 aliphatic heterocycles. The van der Waals surface area contributed by atoms with Crippen molar-refractivity contribution < 1.29 is 9.90 Å². The fraction of sp³-hybridized carbons (Fsp3) is 0.400. The molecule has 1 saturated carbocycles. The number of nitrogens with one attached hydrogen (secondary N) is 1. The maximum atomic E-state index is 13.7. The van der Waals surface area contributed by atoms with E-state index < -0.39 is 0 Å². The topological polar surface area (TPSA) is 105 Å². The van der Waals surface area contributed by atoms with E-state index in [0.29, 0.717) is 41.7 Å². The lowest BCUT2D eigenvalue weighted by molar-refractivity contribution is 0.0919. The molecule has 0 unspecified atom stereocenters. The Morgan fingerprint density at radius 3 is 2.55 bits per heavy atom. The van der Waals surface area contributed by atoms with E-state index in [1.807, 2.05) is 52.9 Å². The number of fused-ring (bicyclic) bond motifs is 1. The number of aromatic nitrogens is 4. The van der Waals surface area contributed by atoms with Crippen molar-refractivity contribution in [3.63, 3.8) is 0 Å². The molecular weight excluding hydrogens is 528 g/mol. The van der Waals surface area contributed by atoms with E-state index in [4.69, 9.17) is 16.7 Å². The Balaban J connectivity index is 1.29. The summed E-state index contributed by atoms with van der Waals surface area (Å²) in [7, 11) is 1.94. The van der Waals surface area contributed by atoms with E-state index in [9.17, 15) is 9.59 Å². The number of amides is 1. The smallest absolute Gasteiger partial charge is 0.333 e. The molecule has 2 N–H and O–H groups in total. The van der Waals surface area contributed by atoms with E-state index in [1.165, 1.54) is 0 Å². The molecule has 1 aliphatic rings. The monoisotopic (exact) mass is 562 g/mol. The molecule has 1 amide bonds.